The average molecular weight is 594 g/mol. The van der Waals surface area contributed by atoms with Crippen molar-refractivity contribution in [2.75, 3.05) is 38.0 Å². The van der Waals surface area contributed by atoms with Crippen LogP contribution in [0, 0.1) is 5.92 Å². The van der Waals surface area contributed by atoms with E-state index in [2.05, 4.69) is 20.8 Å². The summed E-state index contributed by atoms with van der Waals surface area (Å²) in [6.07, 6.45) is 0.929. The quantitative estimate of drug-likeness (QED) is 0.444. The van der Waals surface area contributed by atoms with E-state index in [0.29, 0.717) is 31.6 Å². The minimum Gasteiger partial charge on any atom is -0.444 e. The zero-order valence-corrected chi connectivity index (χ0v) is 26.5. The molecule has 40 heavy (non-hydrogen) atoms. The van der Waals surface area contributed by atoms with Crippen molar-refractivity contribution in [2.45, 2.75) is 75.2 Å². The standard InChI is InChI=1S/C29H43N3O6S2/c1-28(2,3)23-12-14-24(15-13-23)31(8)40(36,37)26-11-9-10-25(20-26)39(34,35)30(7)21-22-16-18-32(19-17-22)27(33)38-29(4,5)6/h9-15,20,22H,16-19,21H2,1-8H3. The number of carbonyl (C=O) groups excluding carboxylic acids is 1. The van der Waals surface area contributed by atoms with Gasteiger partial charge in [-0.1, -0.05) is 39.0 Å². The van der Waals surface area contributed by atoms with Crippen LogP contribution in [0.15, 0.2) is 58.3 Å². The van der Waals surface area contributed by atoms with Crippen LogP contribution in [0.4, 0.5) is 10.5 Å². The van der Waals surface area contributed by atoms with Gasteiger partial charge in [0.1, 0.15) is 5.60 Å². The van der Waals surface area contributed by atoms with Gasteiger partial charge in [0.2, 0.25) is 10.0 Å². The van der Waals surface area contributed by atoms with Crippen LogP contribution in [0.5, 0.6) is 0 Å². The molecule has 0 saturated carbocycles. The monoisotopic (exact) mass is 593 g/mol. The van der Waals surface area contributed by atoms with Gasteiger partial charge in [-0.3, -0.25) is 4.31 Å². The number of benzene rings is 2. The molecule has 0 bridgehead atoms. The van der Waals surface area contributed by atoms with Gasteiger partial charge in [0.05, 0.1) is 15.5 Å². The zero-order chi connectivity index (χ0) is 30.1. The summed E-state index contributed by atoms with van der Waals surface area (Å²) in [4.78, 5) is 13.8. The second kappa shape index (κ2) is 11.7. The molecule has 3 rings (SSSR count). The number of nitrogens with zero attached hydrogens (tertiary/aromatic N) is 3. The number of rotatable bonds is 7. The Bertz CT molecular complexity index is 1400. The Kier molecular flexibility index (Phi) is 9.33. The van der Waals surface area contributed by atoms with Crippen molar-refractivity contribution in [1.82, 2.24) is 9.21 Å². The molecule has 0 atom stereocenters. The van der Waals surface area contributed by atoms with Crippen molar-refractivity contribution in [3.63, 3.8) is 0 Å². The maximum atomic E-state index is 13.4. The predicted molar refractivity (Wildman–Crippen MR) is 158 cm³/mol. The molecule has 0 unspecified atom stereocenters. The van der Waals surface area contributed by atoms with Crippen LogP contribution >= 0.6 is 0 Å². The molecule has 0 radical (unpaired) electrons. The van der Waals surface area contributed by atoms with Gasteiger partial charge in [-0.25, -0.2) is 25.9 Å². The number of sulfonamides is 2. The molecule has 2 aromatic rings. The average Bonchev–Trinajstić information content (AvgIpc) is 2.87. The Morgan fingerprint density at radius 3 is 1.90 bits per heavy atom. The molecule has 0 aliphatic carbocycles. The van der Waals surface area contributed by atoms with Crippen molar-refractivity contribution < 1.29 is 26.4 Å². The first-order chi connectivity index (χ1) is 18.3. The largest absolute Gasteiger partial charge is 0.444 e. The molecule has 0 aromatic heterocycles. The topological polar surface area (TPSA) is 104 Å². The van der Waals surface area contributed by atoms with E-state index in [0.717, 1.165) is 9.87 Å². The van der Waals surface area contributed by atoms with Gasteiger partial charge in [-0.05, 0) is 80.8 Å². The zero-order valence-electron chi connectivity index (χ0n) is 24.8. The van der Waals surface area contributed by atoms with Crippen LogP contribution < -0.4 is 4.31 Å². The van der Waals surface area contributed by atoms with Gasteiger partial charge in [-0.2, -0.15) is 0 Å². The van der Waals surface area contributed by atoms with Crippen molar-refractivity contribution >= 4 is 31.8 Å². The fourth-order valence-corrected chi connectivity index (χ4v) is 7.14. The molecule has 9 nitrogen and oxygen atoms in total. The summed E-state index contributed by atoms with van der Waals surface area (Å²) in [5.41, 5.74) is 0.917. The van der Waals surface area contributed by atoms with E-state index < -0.39 is 25.6 Å². The van der Waals surface area contributed by atoms with E-state index >= 15 is 0 Å². The molecular weight excluding hydrogens is 550 g/mol. The Labute approximate surface area is 240 Å². The van der Waals surface area contributed by atoms with Gasteiger partial charge in [-0.15, -0.1) is 0 Å². The van der Waals surface area contributed by atoms with Crippen LogP contribution in [0.25, 0.3) is 0 Å². The third-order valence-corrected chi connectivity index (χ3v) is 10.7. The highest BCUT2D eigenvalue weighted by molar-refractivity contribution is 7.93. The Hall–Kier alpha value is -2.63. The van der Waals surface area contributed by atoms with E-state index in [1.807, 2.05) is 32.9 Å². The molecular formula is C29H43N3O6S2. The van der Waals surface area contributed by atoms with Crippen LogP contribution in [0.2, 0.25) is 0 Å². The van der Waals surface area contributed by atoms with Crippen LogP contribution in [-0.2, 0) is 30.2 Å². The highest BCUT2D eigenvalue weighted by Crippen LogP contribution is 2.29. The molecule has 1 aliphatic heterocycles. The molecule has 1 aliphatic rings. The van der Waals surface area contributed by atoms with Gasteiger partial charge in [0.15, 0.2) is 0 Å². The van der Waals surface area contributed by atoms with Gasteiger partial charge in [0, 0.05) is 33.7 Å². The summed E-state index contributed by atoms with van der Waals surface area (Å²) < 4.78 is 61.6. The predicted octanol–water partition coefficient (Wildman–Crippen LogP) is 5.08. The summed E-state index contributed by atoms with van der Waals surface area (Å²) >= 11 is 0. The number of hydrogen-bond acceptors (Lipinski definition) is 6. The number of piperidine rings is 1. The van der Waals surface area contributed by atoms with Crippen molar-refractivity contribution in [2.24, 2.45) is 5.92 Å². The Morgan fingerprint density at radius 2 is 1.40 bits per heavy atom. The first kappa shape index (κ1) is 31.9. The number of amides is 1. The minimum atomic E-state index is -4.00. The van der Waals surface area contributed by atoms with Crippen molar-refractivity contribution in [3.8, 4) is 0 Å². The van der Waals surface area contributed by atoms with E-state index in [-0.39, 0.29) is 33.8 Å². The SMILES string of the molecule is CN(CC1CCN(C(=O)OC(C)(C)C)CC1)S(=O)(=O)c1cccc(S(=O)(=O)N(C)c2ccc(C(C)(C)C)cc2)c1. The summed E-state index contributed by atoms with van der Waals surface area (Å²) in [5.74, 6) is 0.0626. The Morgan fingerprint density at radius 1 is 0.875 bits per heavy atom. The smallest absolute Gasteiger partial charge is 0.410 e. The highest BCUT2D eigenvalue weighted by atomic mass is 32.2. The molecule has 2 aromatic carbocycles. The number of ether oxygens (including phenoxy) is 1. The number of carbonyl (C=O) groups is 1. The number of anilines is 1. The Balaban J connectivity index is 1.71. The van der Waals surface area contributed by atoms with Crippen LogP contribution in [0.1, 0.15) is 59.9 Å². The lowest BCUT2D eigenvalue weighted by Crippen LogP contribution is -2.44. The second-order valence-corrected chi connectivity index (χ2v) is 16.5. The first-order valence-corrected chi connectivity index (χ1v) is 16.3. The molecule has 1 fully saturated rings. The molecule has 11 heteroatoms. The first-order valence-electron chi connectivity index (χ1n) is 13.5. The summed E-state index contributed by atoms with van der Waals surface area (Å²) in [5, 5.41) is 0. The van der Waals surface area contributed by atoms with Crippen molar-refractivity contribution in [1.29, 1.82) is 0 Å². The van der Waals surface area contributed by atoms with Crippen LogP contribution in [-0.4, -0.2) is 71.5 Å². The lowest BCUT2D eigenvalue weighted by atomic mass is 9.87. The molecule has 1 amide bonds. The van der Waals surface area contributed by atoms with Crippen LogP contribution in [0.3, 0.4) is 0 Å². The summed E-state index contributed by atoms with van der Waals surface area (Å²) in [7, 11) is -4.99. The fourth-order valence-electron chi connectivity index (χ4n) is 4.53. The normalized spacial score (nSPS) is 15.8. The lowest BCUT2D eigenvalue weighted by molar-refractivity contribution is 0.0179. The molecule has 1 heterocycles. The van der Waals surface area contributed by atoms with Gasteiger partial charge >= 0.3 is 6.09 Å². The third-order valence-electron chi connectivity index (χ3n) is 7.05. The fraction of sp³-hybridized carbons (Fsp3) is 0.552. The maximum absolute atomic E-state index is 13.4. The van der Waals surface area contributed by atoms with E-state index in [9.17, 15) is 21.6 Å². The third kappa shape index (κ3) is 7.55. The highest BCUT2D eigenvalue weighted by Gasteiger charge is 2.31. The minimum absolute atomic E-state index is 0.0626. The van der Waals surface area contributed by atoms with Gasteiger partial charge in [0.25, 0.3) is 10.0 Å². The van der Waals surface area contributed by atoms with Crippen molar-refractivity contribution in [3.05, 3.63) is 54.1 Å². The maximum Gasteiger partial charge on any atom is 0.410 e. The molecule has 1 saturated heterocycles. The van der Waals surface area contributed by atoms with E-state index in [1.54, 1.807) is 17.0 Å². The number of likely N-dealkylation sites (tertiary alicyclic amines) is 1. The summed E-state index contributed by atoms with van der Waals surface area (Å²) in [6.45, 7) is 12.9. The van der Waals surface area contributed by atoms with E-state index in [4.69, 9.17) is 4.74 Å². The lowest BCUT2D eigenvalue weighted by Gasteiger charge is -2.34. The molecule has 0 N–H and O–H groups in total. The van der Waals surface area contributed by atoms with E-state index in [1.165, 1.54) is 42.7 Å². The van der Waals surface area contributed by atoms with Gasteiger partial charge < -0.3 is 9.64 Å². The number of hydrogen-bond donors (Lipinski definition) is 0. The molecule has 222 valence electrons. The summed E-state index contributed by atoms with van der Waals surface area (Å²) in [6, 6.07) is 12.8. The second-order valence-electron chi connectivity index (χ2n) is 12.4. The molecule has 0 spiro atoms.